The third-order valence-corrected chi connectivity index (χ3v) is 2.04. The molecule has 1 aromatic rings. The van der Waals surface area contributed by atoms with Gasteiger partial charge in [-0.1, -0.05) is 35.0 Å². The number of hydrogen-bond donors (Lipinski definition) is 1. The van der Waals surface area contributed by atoms with Crippen LogP contribution in [0.15, 0.2) is 12.1 Å². The molecule has 0 unspecified atom stereocenters. The largest absolute Gasteiger partial charge is 0.506 e. The van der Waals surface area contributed by atoms with Crippen LogP contribution in [0, 0.1) is 23.2 Å². The van der Waals surface area contributed by atoms with Crippen molar-refractivity contribution in [1.82, 2.24) is 0 Å². The van der Waals surface area contributed by atoms with Gasteiger partial charge in [-0.15, -0.1) is 0 Å². The van der Waals surface area contributed by atoms with Crippen LogP contribution in [-0.2, 0) is 0 Å². The number of phenols is 1. The molecule has 14 heavy (non-hydrogen) atoms. The van der Waals surface area contributed by atoms with Crippen LogP contribution in [-0.4, -0.2) is 5.11 Å². The minimum Gasteiger partial charge on any atom is -0.506 e. The fraction of sp³-hybridized carbons (Fsp3) is 0.100. The van der Waals surface area contributed by atoms with E-state index in [0.717, 1.165) is 0 Å². The average molecular weight is 226 g/mol. The molecule has 1 N–H and O–H groups in total. The van der Waals surface area contributed by atoms with Crippen LogP contribution in [0.25, 0.3) is 0 Å². The van der Waals surface area contributed by atoms with Gasteiger partial charge in [-0.05, 0) is 6.07 Å². The van der Waals surface area contributed by atoms with E-state index < -0.39 is 0 Å². The second-order valence-corrected chi connectivity index (χ2v) is 3.23. The molecule has 0 saturated carbocycles. The summed E-state index contributed by atoms with van der Waals surface area (Å²) >= 11 is 11.4. The van der Waals surface area contributed by atoms with Crippen LogP contribution in [0.3, 0.4) is 0 Å². The number of aromatic hydroxyl groups is 1. The van der Waals surface area contributed by atoms with Crippen molar-refractivity contribution in [2.75, 3.05) is 0 Å². The minimum atomic E-state index is -0.0810. The van der Waals surface area contributed by atoms with Gasteiger partial charge in [0.1, 0.15) is 5.75 Å². The Kier molecular flexibility index (Phi) is 3.65. The molecule has 1 rings (SSSR count). The first kappa shape index (κ1) is 10.7. The number of nitrogens with zero attached hydrogens (tertiary/aromatic N) is 1. The molecular weight excluding hydrogens is 221 g/mol. The molecule has 0 bridgehead atoms. The molecular formula is C10H5Cl2NO. The molecule has 70 valence electrons. The molecule has 0 heterocycles. The molecule has 0 saturated heterocycles. The standard InChI is InChI=1S/C10H5Cl2NO/c11-8-6-10(14)9(12)5-7(8)3-1-2-4-13/h5-6,14H,2H2. The highest BCUT2D eigenvalue weighted by Crippen LogP contribution is 2.29. The van der Waals surface area contributed by atoms with Crippen LogP contribution in [0.2, 0.25) is 10.0 Å². The Hall–Kier alpha value is -1.35. The number of rotatable bonds is 0. The van der Waals surface area contributed by atoms with Crippen molar-refractivity contribution < 1.29 is 5.11 Å². The van der Waals surface area contributed by atoms with Crippen molar-refractivity contribution in [2.24, 2.45) is 0 Å². The highest BCUT2D eigenvalue weighted by Gasteiger charge is 2.03. The fourth-order valence-corrected chi connectivity index (χ4v) is 1.18. The van der Waals surface area contributed by atoms with Crippen molar-refractivity contribution in [1.29, 1.82) is 5.26 Å². The van der Waals surface area contributed by atoms with Crippen LogP contribution in [0.4, 0.5) is 0 Å². The predicted molar refractivity (Wildman–Crippen MR) is 55.2 cm³/mol. The van der Waals surface area contributed by atoms with E-state index in [9.17, 15) is 5.11 Å². The molecule has 0 aromatic heterocycles. The van der Waals surface area contributed by atoms with Gasteiger partial charge in [0.2, 0.25) is 0 Å². The maximum absolute atomic E-state index is 9.18. The van der Waals surface area contributed by atoms with Crippen molar-refractivity contribution in [3.05, 3.63) is 27.7 Å². The molecule has 0 spiro atoms. The van der Waals surface area contributed by atoms with Gasteiger partial charge in [-0.2, -0.15) is 5.26 Å². The Balaban J connectivity index is 3.07. The lowest BCUT2D eigenvalue weighted by Gasteiger charge is -1.99. The van der Waals surface area contributed by atoms with E-state index in [-0.39, 0.29) is 17.2 Å². The third kappa shape index (κ3) is 2.57. The van der Waals surface area contributed by atoms with Gasteiger partial charge < -0.3 is 5.11 Å². The van der Waals surface area contributed by atoms with E-state index in [1.54, 1.807) is 0 Å². The van der Waals surface area contributed by atoms with Gasteiger partial charge in [0.15, 0.2) is 0 Å². The maximum atomic E-state index is 9.18. The molecule has 0 amide bonds. The minimum absolute atomic E-state index is 0.0810. The highest BCUT2D eigenvalue weighted by molar-refractivity contribution is 6.35. The summed E-state index contributed by atoms with van der Waals surface area (Å²) in [5.41, 5.74) is 0.504. The van der Waals surface area contributed by atoms with E-state index >= 15 is 0 Å². The van der Waals surface area contributed by atoms with E-state index in [2.05, 4.69) is 11.8 Å². The van der Waals surface area contributed by atoms with E-state index in [1.807, 2.05) is 6.07 Å². The lowest BCUT2D eigenvalue weighted by atomic mass is 10.2. The zero-order valence-corrected chi connectivity index (χ0v) is 8.52. The number of nitriles is 1. The molecule has 0 aliphatic carbocycles. The second-order valence-electron chi connectivity index (χ2n) is 2.42. The lowest BCUT2D eigenvalue weighted by Crippen LogP contribution is -1.78. The van der Waals surface area contributed by atoms with Gasteiger partial charge >= 0.3 is 0 Å². The monoisotopic (exact) mass is 225 g/mol. The second kappa shape index (κ2) is 4.77. The fourth-order valence-electron chi connectivity index (χ4n) is 0.811. The Morgan fingerprint density at radius 1 is 1.29 bits per heavy atom. The average Bonchev–Trinajstić information content (AvgIpc) is 2.14. The van der Waals surface area contributed by atoms with Crippen molar-refractivity contribution in [2.45, 2.75) is 6.42 Å². The molecule has 0 aliphatic rings. The molecule has 0 atom stereocenters. The summed E-state index contributed by atoms with van der Waals surface area (Å²) in [5, 5.41) is 17.9. The SMILES string of the molecule is N#CCC#Cc1cc(Cl)c(O)cc1Cl. The Labute approximate surface area is 91.7 Å². The van der Waals surface area contributed by atoms with Crippen molar-refractivity contribution in [3.8, 4) is 23.7 Å². The first-order valence-electron chi connectivity index (χ1n) is 3.69. The summed E-state index contributed by atoms with van der Waals surface area (Å²) in [4.78, 5) is 0. The molecule has 0 fully saturated rings. The lowest BCUT2D eigenvalue weighted by molar-refractivity contribution is 0.475. The van der Waals surface area contributed by atoms with E-state index in [4.69, 9.17) is 28.5 Å². The number of hydrogen-bond acceptors (Lipinski definition) is 2. The summed E-state index contributed by atoms with van der Waals surface area (Å²) in [7, 11) is 0. The summed E-state index contributed by atoms with van der Waals surface area (Å²) in [6.45, 7) is 0. The molecule has 0 radical (unpaired) electrons. The van der Waals surface area contributed by atoms with E-state index in [1.165, 1.54) is 12.1 Å². The summed E-state index contributed by atoms with van der Waals surface area (Å²) in [6, 6.07) is 4.67. The predicted octanol–water partition coefficient (Wildman–Crippen LogP) is 2.96. The van der Waals surface area contributed by atoms with Gasteiger partial charge in [0.05, 0.1) is 22.5 Å². The van der Waals surface area contributed by atoms with Gasteiger partial charge in [0, 0.05) is 11.6 Å². The quantitative estimate of drug-likeness (QED) is 0.691. The van der Waals surface area contributed by atoms with Crippen LogP contribution < -0.4 is 0 Å². The van der Waals surface area contributed by atoms with Crippen molar-refractivity contribution >= 4 is 23.2 Å². The molecule has 2 nitrogen and oxygen atoms in total. The van der Waals surface area contributed by atoms with Crippen LogP contribution in [0.1, 0.15) is 12.0 Å². The zero-order valence-electron chi connectivity index (χ0n) is 7.01. The van der Waals surface area contributed by atoms with Crippen LogP contribution >= 0.6 is 23.2 Å². The highest BCUT2D eigenvalue weighted by atomic mass is 35.5. The molecule has 0 aliphatic heterocycles. The molecule has 4 heteroatoms. The third-order valence-electron chi connectivity index (χ3n) is 1.43. The van der Waals surface area contributed by atoms with Crippen molar-refractivity contribution in [3.63, 3.8) is 0 Å². The number of benzene rings is 1. The zero-order chi connectivity index (χ0) is 10.6. The molecule has 1 aromatic carbocycles. The first-order chi connectivity index (χ1) is 6.65. The summed E-state index contributed by atoms with van der Waals surface area (Å²) in [6.07, 6.45) is 0.134. The maximum Gasteiger partial charge on any atom is 0.135 e. The van der Waals surface area contributed by atoms with Gasteiger partial charge in [-0.3, -0.25) is 0 Å². The Morgan fingerprint density at radius 2 is 2.00 bits per heavy atom. The first-order valence-corrected chi connectivity index (χ1v) is 4.44. The number of phenolic OH excluding ortho intramolecular Hbond substituents is 1. The van der Waals surface area contributed by atoms with Gasteiger partial charge in [-0.25, -0.2) is 0 Å². The van der Waals surface area contributed by atoms with E-state index in [0.29, 0.717) is 10.6 Å². The van der Waals surface area contributed by atoms with Crippen LogP contribution in [0.5, 0.6) is 5.75 Å². The van der Waals surface area contributed by atoms with Gasteiger partial charge in [0.25, 0.3) is 0 Å². The summed E-state index contributed by atoms with van der Waals surface area (Å²) in [5.74, 6) is 5.20. The topological polar surface area (TPSA) is 44.0 Å². The smallest absolute Gasteiger partial charge is 0.135 e. The Bertz CT molecular complexity index is 452. The Morgan fingerprint density at radius 3 is 2.64 bits per heavy atom. The number of halogens is 2. The normalized spacial score (nSPS) is 8.64. The summed E-state index contributed by atoms with van der Waals surface area (Å²) < 4.78 is 0.